The van der Waals surface area contributed by atoms with E-state index < -0.39 is 11.5 Å². The topological polar surface area (TPSA) is 86.2 Å². The van der Waals surface area contributed by atoms with Gasteiger partial charge >= 0.3 is 5.97 Å². The number of pyridine rings is 1. The van der Waals surface area contributed by atoms with Gasteiger partial charge < -0.3 is 14.7 Å². The van der Waals surface area contributed by atoms with E-state index >= 15 is 0 Å². The van der Waals surface area contributed by atoms with Gasteiger partial charge in [0, 0.05) is 31.7 Å². The SMILES string of the molecule is COc1ccc2c(c1)C(C)(C)N(c1cncc(N3CCN(CC(=O)O)CC3)c1)C2=O. The van der Waals surface area contributed by atoms with Gasteiger partial charge in [-0.05, 0) is 43.7 Å². The number of nitrogens with zero attached hydrogens (tertiary/aromatic N) is 4. The van der Waals surface area contributed by atoms with Crippen LogP contribution in [0.15, 0.2) is 36.7 Å². The number of carbonyl (C=O) groups excluding carboxylic acids is 1. The van der Waals surface area contributed by atoms with Crippen molar-refractivity contribution in [2.75, 3.05) is 49.6 Å². The summed E-state index contributed by atoms with van der Waals surface area (Å²) in [5.74, 6) is -0.136. The van der Waals surface area contributed by atoms with Gasteiger partial charge in [-0.3, -0.25) is 24.4 Å². The Hall–Kier alpha value is -3.13. The average molecular weight is 410 g/mol. The van der Waals surface area contributed by atoms with Gasteiger partial charge in [0.05, 0.1) is 43.0 Å². The maximum atomic E-state index is 13.2. The molecule has 3 heterocycles. The highest BCUT2D eigenvalue weighted by Gasteiger charge is 2.44. The number of carbonyl (C=O) groups is 2. The molecule has 1 amide bonds. The molecular weight excluding hydrogens is 384 g/mol. The Morgan fingerprint density at radius 2 is 1.83 bits per heavy atom. The van der Waals surface area contributed by atoms with Gasteiger partial charge in [-0.25, -0.2) is 0 Å². The Kier molecular flexibility index (Phi) is 5.11. The lowest BCUT2D eigenvalue weighted by Gasteiger charge is -2.36. The molecule has 8 nitrogen and oxygen atoms in total. The van der Waals surface area contributed by atoms with E-state index in [4.69, 9.17) is 9.84 Å². The first kappa shape index (κ1) is 20.2. The van der Waals surface area contributed by atoms with Crippen LogP contribution < -0.4 is 14.5 Å². The first-order valence-electron chi connectivity index (χ1n) is 9.98. The van der Waals surface area contributed by atoms with Crippen molar-refractivity contribution in [3.05, 3.63) is 47.8 Å². The highest BCUT2D eigenvalue weighted by Crippen LogP contribution is 2.43. The third-order valence-electron chi connectivity index (χ3n) is 5.94. The zero-order valence-corrected chi connectivity index (χ0v) is 17.5. The second-order valence-electron chi connectivity index (χ2n) is 8.17. The fourth-order valence-electron chi connectivity index (χ4n) is 4.34. The third kappa shape index (κ3) is 3.47. The van der Waals surface area contributed by atoms with Crippen LogP contribution in [0.2, 0.25) is 0 Å². The molecule has 2 aromatic rings. The quantitative estimate of drug-likeness (QED) is 0.809. The van der Waals surface area contributed by atoms with Crippen LogP contribution in [0.25, 0.3) is 0 Å². The number of hydrogen-bond donors (Lipinski definition) is 1. The maximum Gasteiger partial charge on any atom is 0.317 e. The lowest BCUT2D eigenvalue weighted by atomic mass is 9.93. The smallest absolute Gasteiger partial charge is 0.317 e. The van der Waals surface area contributed by atoms with E-state index in [-0.39, 0.29) is 12.5 Å². The van der Waals surface area contributed by atoms with Crippen LogP contribution in [0.3, 0.4) is 0 Å². The summed E-state index contributed by atoms with van der Waals surface area (Å²) in [5.41, 5.74) is 2.74. The second kappa shape index (κ2) is 7.60. The largest absolute Gasteiger partial charge is 0.497 e. The van der Waals surface area contributed by atoms with Gasteiger partial charge in [-0.1, -0.05) is 0 Å². The molecule has 8 heteroatoms. The zero-order chi connectivity index (χ0) is 21.5. The summed E-state index contributed by atoms with van der Waals surface area (Å²) in [6, 6.07) is 7.54. The van der Waals surface area contributed by atoms with Crippen LogP contribution in [0.4, 0.5) is 11.4 Å². The predicted molar refractivity (Wildman–Crippen MR) is 113 cm³/mol. The number of aromatic nitrogens is 1. The van der Waals surface area contributed by atoms with E-state index in [1.807, 2.05) is 43.0 Å². The number of aliphatic carboxylic acids is 1. The number of carboxylic acid groups (broad SMARTS) is 1. The van der Waals surface area contributed by atoms with Crippen molar-refractivity contribution in [3.63, 3.8) is 0 Å². The number of carboxylic acids is 1. The first-order valence-corrected chi connectivity index (χ1v) is 9.98. The summed E-state index contributed by atoms with van der Waals surface area (Å²) in [5, 5.41) is 8.98. The summed E-state index contributed by atoms with van der Waals surface area (Å²) >= 11 is 0. The van der Waals surface area contributed by atoms with E-state index in [0.717, 1.165) is 22.7 Å². The van der Waals surface area contributed by atoms with Crippen LogP contribution in [0, 0.1) is 0 Å². The number of benzene rings is 1. The molecule has 0 bridgehead atoms. The fraction of sp³-hybridized carbons (Fsp3) is 0.409. The lowest BCUT2D eigenvalue weighted by Crippen LogP contribution is -2.48. The molecule has 0 saturated carbocycles. The van der Waals surface area contributed by atoms with Crippen molar-refractivity contribution in [1.29, 1.82) is 0 Å². The van der Waals surface area contributed by atoms with E-state index in [1.54, 1.807) is 24.4 Å². The molecule has 1 saturated heterocycles. The summed E-state index contributed by atoms with van der Waals surface area (Å²) in [6.45, 7) is 6.89. The highest BCUT2D eigenvalue weighted by atomic mass is 16.5. The van der Waals surface area contributed by atoms with Crippen LogP contribution in [0.5, 0.6) is 5.75 Å². The van der Waals surface area contributed by atoms with E-state index in [1.165, 1.54) is 0 Å². The summed E-state index contributed by atoms with van der Waals surface area (Å²) in [7, 11) is 1.62. The second-order valence-corrected chi connectivity index (χ2v) is 8.17. The standard InChI is InChI=1S/C22H26N4O4/c1-22(2)19-11-17(30-3)4-5-18(19)21(29)26(22)16-10-15(12-23-13-16)25-8-6-24(7-9-25)14-20(27)28/h4-5,10-13H,6-9,14H2,1-3H3,(H,27,28). The number of ether oxygens (including phenoxy) is 1. The molecule has 0 radical (unpaired) electrons. The summed E-state index contributed by atoms with van der Waals surface area (Å²) in [6.07, 6.45) is 3.51. The number of anilines is 2. The van der Waals surface area contributed by atoms with Crippen LogP contribution >= 0.6 is 0 Å². The van der Waals surface area contributed by atoms with E-state index in [9.17, 15) is 9.59 Å². The molecule has 4 rings (SSSR count). The molecule has 158 valence electrons. The predicted octanol–water partition coefficient (Wildman–Crippen LogP) is 2.19. The molecule has 30 heavy (non-hydrogen) atoms. The number of hydrogen-bond acceptors (Lipinski definition) is 6. The van der Waals surface area contributed by atoms with Gasteiger partial charge in [-0.15, -0.1) is 0 Å². The molecule has 1 aromatic carbocycles. The van der Waals surface area contributed by atoms with Crippen molar-refractivity contribution in [3.8, 4) is 5.75 Å². The minimum Gasteiger partial charge on any atom is -0.497 e. The molecule has 0 spiro atoms. The molecule has 2 aliphatic heterocycles. The zero-order valence-electron chi connectivity index (χ0n) is 17.5. The Morgan fingerprint density at radius 1 is 1.13 bits per heavy atom. The molecule has 0 aliphatic carbocycles. The van der Waals surface area contributed by atoms with Gasteiger partial charge in [0.2, 0.25) is 0 Å². The highest BCUT2D eigenvalue weighted by molar-refractivity contribution is 6.12. The molecule has 1 aromatic heterocycles. The van der Waals surface area contributed by atoms with Gasteiger partial charge in [0.1, 0.15) is 5.75 Å². The number of methoxy groups -OCH3 is 1. The normalized spacial score (nSPS) is 18.4. The molecule has 0 unspecified atom stereocenters. The average Bonchev–Trinajstić information content (AvgIpc) is 2.93. The summed E-state index contributed by atoms with van der Waals surface area (Å²) < 4.78 is 5.35. The van der Waals surface area contributed by atoms with E-state index in [2.05, 4.69) is 9.88 Å². The fourth-order valence-corrected chi connectivity index (χ4v) is 4.34. The van der Waals surface area contributed by atoms with Crippen molar-refractivity contribution in [2.24, 2.45) is 0 Å². The van der Waals surface area contributed by atoms with Crippen molar-refractivity contribution < 1.29 is 19.4 Å². The van der Waals surface area contributed by atoms with Gasteiger partial charge in [0.25, 0.3) is 5.91 Å². The van der Waals surface area contributed by atoms with Crippen LogP contribution in [-0.4, -0.2) is 66.7 Å². The molecule has 1 fully saturated rings. The minimum atomic E-state index is -0.807. The number of rotatable bonds is 5. The molecule has 2 aliphatic rings. The number of fused-ring (bicyclic) bond motifs is 1. The Balaban J connectivity index is 1.59. The number of piperazine rings is 1. The number of amides is 1. The summed E-state index contributed by atoms with van der Waals surface area (Å²) in [4.78, 5) is 34.4. The Labute approximate surface area is 175 Å². The maximum absolute atomic E-state index is 13.2. The lowest BCUT2D eigenvalue weighted by molar-refractivity contribution is -0.138. The molecule has 0 atom stereocenters. The monoisotopic (exact) mass is 410 g/mol. The van der Waals surface area contributed by atoms with Crippen molar-refractivity contribution >= 4 is 23.3 Å². The van der Waals surface area contributed by atoms with Crippen molar-refractivity contribution in [2.45, 2.75) is 19.4 Å². The van der Waals surface area contributed by atoms with Gasteiger partial charge in [-0.2, -0.15) is 0 Å². The van der Waals surface area contributed by atoms with Crippen LogP contribution in [-0.2, 0) is 10.3 Å². The van der Waals surface area contributed by atoms with Crippen molar-refractivity contribution in [1.82, 2.24) is 9.88 Å². The molecular formula is C22H26N4O4. The minimum absolute atomic E-state index is 0.0529. The van der Waals surface area contributed by atoms with Crippen LogP contribution in [0.1, 0.15) is 29.8 Å². The van der Waals surface area contributed by atoms with E-state index in [0.29, 0.717) is 31.7 Å². The molecule has 1 N–H and O–H groups in total. The van der Waals surface area contributed by atoms with Gasteiger partial charge in [0.15, 0.2) is 0 Å². The Morgan fingerprint density at radius 3 is 2.50 bits per heavy atom. The third-order valence-corrected chi connectivity index (χ3v) is 5.94. The Bertz CT molecular complexity index is 983. The first-order chi connectivity index (χ1) is 14.3.